The van der Waals surface area contributed by atoms with Gasteiger partial charge in [0.2, 0.25) is 29.5 Å². The maximum atomic E-state index is 13.9. The van der Waals surface area contributed by atoms with E-state index in [9.17, 15) is 72.5 Å². The number of hydrogen-bond acceptors (Lipinski definition) is 16. The third-order valence-electron chi connectivity index (χ3n) is 16.5. The molecule has 0 saturated carbocycles. The van der Waals surface area contributed by atoms with Crippen LogP contribution in [0.15, 0.2) is 54.7 Å². The number of carboxylic acid groups (broad SMARTS) is 3. The van der Waals surface area contributed by atoms with Gasteiger partial charge in [-0.15, -0.1) is 0 Å². The number of unbranched alkanes of at least 4 members (excludes halogenated alkanes) is 3. The molecular weight excluding hydrogens is 1300 g/mol. The van der Waals surface area contributed by atoms with Crippen molar-refractivity contribution in [3.05, 3.63) is 69.4 Å². The summed E-state index contributed by atoms with van der Waals surface area (Å²) in [6.45, 7) is 1.61. The van der Waals surface area contributed by atoms with Crippen molar-refractivity contribution in [1.82, 2.24) is 55.7 Å². The van der Waals surface area contributed by atoms with Crippen LogP contribution in [0.5, 0.6) is 5.75 Å². The van der Waals surface area contributed by atoms with Crippen LogP contribution in [0, 0.1) is 20.8 Å². The second-order valence-electron chi connectivity index (χ2n) is 23.6. The number of carboxylic acids is 3. The average Bonchev–Trinajstić information content (AvgIpc) is 1.84. The van der Waals surface area contributed by atoms with Gasteiger partial charge in [-0.25, -0.2) is 8.78 Å². The minimum atomic E-state index is -3.18. The molecular formula is C63H87F2IN12O13. The number of aliphatic carboxylic acids is 3. The van der Waals surface area contributed by atoms with Crippen LogP contribution in [-0.2, 0) is 44.8 Å². The molecule has 0 bridgehead atoms. The zero-order valence-electron chi connectivity index (χ0n) is 51.6. The predicted molar refractivity (Wildman–Crippen MR) is 340 cm³/mol. The van der Waals surface area contributed by atoms with E-state index in [1.54, 1.807) is 43.9 Å². The Morgan fingerprint density at radius 1 is 0.681 bits per heavy atom. The van der Waals surface area contributed by atoms with Crippen molar-refractivity contribution >= 4 is 86.8 Å². The fraction of sp³-hybridized carbons (Fsp3) is 0.603. The lowest BCUT2D eigenvalue weighted by atomic mass is 9.92. The molecule has 1 aromatic heterocycles. The first kappa shape index (κ1) is 72.9. The summed E-state index contributed by atoms with van der Waals surface area (Å²) < 4.78 is 35.0. The molecule has 3 aliphatic heterocycles. The quantitative estimate of drug-likeness (QED) is 0.0338. The molecule has 3 fully saturated rings. The van der Waals surface area contributed by atoms with Gasteiger partial charge in [-0.3, -0.25) is 67.7 Å². The first-order valence-corrected chi connectivity index (χ1v) is 32.5. The van der Waals surface area contributed by atoms with E-state index in [1.807, 2.05) is 17.0 Å². The van der Waals surface area contributed by atoms with Gasteiger partial charge in [0.25, 0.3) is 11.8 Å². The smallest absolute Gasteiger partial charge is 0.317 e. The van der Waals surface area contributed by atoms with E-state index in [1.165, 1.54) is 12.3 Å². The van der Waals surface area contributed by atoms with Gasteiger partial charge >= 0.3 is 17.9 Å². The van der Waals surface area contributed by atoms with Gasteiger partial charge in [0.1, 0.15) is 17.8 Å². The van der Waals surface area contributed by atoms with Gasteiger partial charge in [0.05, 0.1) is 63.0 Å². The van der Waals surface area contributed by atoms with Crippen LogP contribution in [0.1, 0.15) is 106 Å². The third kappa shape index (κ3) is 26.5. The van der Waals surface area contributed by atoms with Gasteiger partial charge in [0, 0.05) is 113 Å². The van der Waals surface area contributed by atoms with Gasteiger partial charge < -0.3 is 51.1 Å². The van der Waals surface area contributed by atoms with E-state index >= 15 is 0 Å². The summed E-state index contributed by atoms with van der Waals surface area (Å²) in [7, 11) is 0. The normalized spacial score (nSPS) is 17.6. The number of nitrogens with one attached hydrogen (secondary N) is 4. The zero-order chi connectivity index (χ0) is 65.7. The number of amides is 6. The fourth-order valence-corrected chi connectivity index (χ4v) is 11.8. The van der Waals surface area contributed by atoms with Gasteiger partial charge in [-0.05, 0) is 141 Å². The Kier molecular flexibility index (Phi) is 30.4. The highest BCUT2D eigenvalue weighted by molar-refractivity contribution is 14.1. The molecule has 7 N–H and O–H groups in total. The van der Waals surface area contributed by atoms with Crippen LogP contribution >= 0.6 is 22.6 Å². The number of carbonyl (C=O) groups is 9. The Morgan fingerprint density at radius 3 is 1.90 bits per heavy atom. The molecule has 2 atom stereocenters. The summed E-state index contributed by atoms with van der Waals surface area (Å²) >= 11 is 2.25. The number of piperidine rings is 1. The van der Waals surface area contributed by atoms with Gasteiger partial charge in [-0.2, -0.15) is 5.26 Å². The highest BCUT2D eigenvalue weighted by Crippen LogP contribution is 2.32. The van der Waals surface area contributed by atoms with Gasteiger partial charge in [-0.1, -0.05) is 18.6 Å². The molecule has 91 heavy (non-hydrogen) atoms. The van der Waals surface area contributed by atoms with E-state index in [-0.39, 0.29) is 108 Å². The van der Waals surface area contributed by atoms with Crippen molar-refractivity contribution in [2.24, 2.45) is 5.92 Å². The molecule has 3 saturated heterocycles. The van der Waals surface area contributed by atoms with Gasteiger partial charge in [0.15, 0.2) is 0 Å². The number of alkyl halides is 2. The zero-order valence-corrected chi connectivity index (χ0v) is 53.8. The number of halogens is 3. The second-order valence-corrected chi connectivity index (χ2v) is 24.8. The summed E-state index contributed by atoms with van der Waals surface area (Å²) in [4.78, 5) is 129. The highest BCUT2D eigenvalue weighted by Gasteiger charge is 2.47. The van der Waals surface area contributed by atoms with E-state index in [4.69, 9.17) is 4.74 Å². The van der Waals surface area contributed by atoms with Crippen LogP contribution in [0.4, 0.5) is 8.78 Å². The van der Waals surface area contributed by atoms with Crippen molar-refractivity contribution in [3.63, 3.8) is 0 Å². The molecule has 0 aliphatic carbocycles. The largest absolute Gasteiger partial charge is 0.494 e. The molecule has 6 rings (SSSR count). The Balaban J connectivity index is 0.920. The third-order valence-corrected chi connectivity index (χ3v) is 17.2. The number of aromatic nitrogens is 1. The maximum absolute atomic E-state index is 13.9. The summed E-state index contributed by atoms with van der Waals surface area (Å²) in [6, 6.07) is 14.3. The van der Waals surface area contributed by atoms with E-state index < -0.39 is 73.1 Å². The first-order chi connectivity index (χ1) is 43.6. The van der Waals surface area contributed by atoms with Crippen LogP contribution < -0.4 is 26.0 Å². The van der Waals surface area contributed by atoms with E-state index in [2.05, 4.69) is 61.0 Å². The number of benzene rings is 2. The number of fused-ring (bicyclic) bond motifs is 1. The van der Waals surface area contributed by atoms with Crippen LogP contribution in [0.25, 0.3) is 10.9 Å². The Labute approximate surface area is 543 Å². The Hall–Kier alpha value is -7.20. The summed E-state index contributed by atoms with van der Waals surface area (Å²) in [6.07, 6.45) is 9.46. The summed E-state index contributed by atoms with van der Waals surface area (Å²) in [5.74, 6) is -7.70. The molecule has 25 nitrogen and oxygen atoms in total. The number of ether oxygens (including phenoxy) is 1. The molecule has 3 aliphatic rings. The van der Waals surface area contributed by atoms with Crippen LogP contribution in [-0.4, -0.2) is 245 Å². The molecule has 28 heteroatoms. The van der Waals surface area contributed by atoms with Crippen molar-refractivity contribution in [3.8, 4) is 11.8 Å². The molecule has 0 unspecified atom stereocenters. The number of carbonyl (C=O) groups excluding carboxylic acids is 6. The first-order valence-electron chi connectivity index (χ1n) is 31.4. The minimum Gasteiger partial charge on any atom is -0.494 e. The maximum Gasteiger partial charge on any atom is 0.317 e. The number of aryl methyl sites for hydroxylation is 1. The second kappa shape index (κ2) is 38.0. The SMILES string of the molecule is N#C[C@H]1CC(F)(F)CN1C(=O)CNC(=O)c1ccnc2ccc(OCCCC3CCN(C(=O)CCCCCNC(=O)[C@H](CCCCNC(=O)CCCc4ccc(I)cc4)NC(=O)CN4CCN(CC(=O)O)CCN(CC(=O)O)CCN(CC(=O)O)CC4)CC3)cc12. The molecule has 4 heterocycles. The molecule has 2 aromatic carbocycles. The topological polar surface area (TPSA) is 328 Å². The molecule has 6 amide bonds. The molecule has 0 spiro atoms. The summed E-state index contributed by atoms with van der Waals surface area (Å²) in [5.41, 5.74) is 1.89. The van der Waals surface area contributed by atoms with Crippen LogP contribution in [0.3, 0.4) is 0 Å². The highest BCUT2D eigenvalue weighted by atomic mass is 127. The number of nitriles is 1. The lowest BCUT2D eigenvalue weighted by molar-refractivity contribution is -0.140. The Morgan fingerprint density at radius 2 is 1.29 bits per heavy atom. The predicted octanol–water partition coefficient (Wildman–Crippen LogP) is 3.67. The van der Waals surface area contributed by atoms with E-state index in [0.717, 1.165) is 46.1 Å². The Bertz CT molecular complexity index is 2940. The number of nitrogens with zero attached hydrogens (tertiary/aromatic N) is 8. The standard InChI is InChI=1S/C63H87F2IN12O13/c64-63(65)37-48(38-67)78(44-63)57(82)39-71-61(89)50-19-24-68-52-18-17-49(36-51(50)52)91-35-7-9-46-20-25-77(26-21-46)56(81)12-2-1-4-23-70-62(90)53(10-3-5-22-69-54(79)11-6-8-45-13-15-47(66)16-14-45)72-55(80)40-73-27-29-74(41-58(83)84)31-33-76(43-60(87)88)34-32-75(30-28-73)42-59(85)86/h13-19,24,36,46,48,53H,1-12,20-23,25-35,37,39-44H2,(H,69,79)(H,70,90)(H,71,89)(H,72,80)(H,83,84)(H,85,86)(H,87,88)/t48-,53+/m1/s1. The minimum absolute atomic E-state index is 0.0709. The number of likely N-dealkylation sites (tertiary alicyclic amines) is 2. The molecule has 0 radical (unpaired) electrons. The monoisotopic (exact) mass is 1380 g/mol. The number of hydrogen-bond donors (Lipinski definition) is 7. The lowest BCUT2D eigenvalue weighted by Crippen LogP contribution is -2.52. The van der Waals surface area contributed by atoms with Crippen LogP contribution in [0.2, 0.25) is 0 Å². The number of rotatable bonds is 33. The fourth-order valence-electron chi connectivity index (χ4n) is 11.5. The molecule has 3 aromatic rings. The van der Waals surface area contributed by atoms with Crippen molar-refractivity contribution in [2.75, 3.05) is 124 Å². The lowest BCUT2D eigenvalue weighted by Gasteiger charge is -2.33. The van der Waals surface area contributed by atoms with E-state index in [0.29, 0.717) is 107 Å². The van der Waals surface area contributed by atoms with Crippen molar-refractivity contribution < 1.29 is 72.0 Å². The molecule has 498 valence electrons. The number of pyridine rings is 1. The summed E-state index contributed by atoms with van der Waals surface area (Å²) in [5, 5.41) is 49.9. The van der Waals surface area contributed by atoms with Crippen molar-refractivity contribution in [2.45, 2.75) is 114 Å². The average molecular weight is 1390 g/mol. The van der Waals surface area contributed by atoms with Crippen molar-refractivity contribution in [1.29, 1.82) is 5.26 Å².